The van der Waals surface area contributed by atoms with Gasteiger partial charge in [0.15, 0.2) is 0 Å². The standard InChI is InChI=1S/C31H33IN2O5/c1-21-11-13-23(14-12-21)20-34(29(36)17-22-7-3-2-4-8-22)26-18-24(31(38)33-15-16-35)19-28(30(26)37)39-27-10-6-5-9-25(27)32/h2-14,19,26,28,30,35,37H,15-18,20H2,1H3,(H,33,38)/t26-,28+,30+/m1/s1. The Bertz CT molecular complexity index is 1300. The summed E-state index contributed by atoms with van der Waals surface area (Å²) in [6.07, 6.45) is -0.00677. The smallest absolute Gasteiger partial charge is 0.247 e. The van der Waals surface area contributed by atoms with Crippen molar-refractivity contribution >= 4 is 34.4 Å². The molecule has 0 unspecified atom stereocenters. The highest BCUT2D eigenvalue weighted by atomic mass is 127. The van der Waals surface area contributed by atoms with Crippen LogP contribution in [-0.4, -0.2) is 58.3 Å². The molecule has 4 rings (SSSR count). The van der Waals surface area contributed by atoms with E-state index in [-0.39, 0.29) is 44.4 Å². The average molecular weight is 641 g/mol. The molecule has 0 aliphatic heterocycles. The second-order valence-electron chi connectivity index (χ2n) is 9.62. The fourth-order valence-corrected chi connectivity index (χ4v) is 5.13. The Kier molecular flexibility index (Phi) is 10.1. The van der Waals surface area contributed by atoms with Crippen LogP contribution in [0.5, 0.6) is 5.75 Å². The molecule has 0 radical (unpaired) electrons. The van der Waals surface area contributed by atoms with Gasteiger partial charge in [0.1, 0.15) is 18.0 Å². The number of halogens is 1. The van der Waals surface area contributed by atoms with Crippen LogP contribution in [-0.2, 0) is 22.6 Å². The number of amides is 2. The lowest BCUT2D eigenvalue weighted by molar-refractivity contribution is -0.138. The van der Waals surface area contributed by atoms with E-state index in [9.17, 15) is 19.8 Å². The molecule has 3 aromatic carbocycles. The van der Waals surface area contributed by atoms with Crippen LogP contribution in [0.4, 0.5) is 0 Å². The first-order valence-electron chi connectivity index (χ1n) is 12.9. The minimum Gasteiger partial charge on any atom is -0.482 e. The van der Waals surface area contributed by atoms with E-state index in [1.165, 1.54) is 0 Å². The first-order valence-corrected chi connectivity index (χ1v) is 14.0. The number of ether oxygens (including phenoxy) is 1. The second-order valence-corrected chi connectivity index (χ2v) is 10.8. The molecule has 0 heterocycles. The molecule has 0 spiro atoms. The van der Waals surface area contributed by atoms with Gasteiger partial charge in [-0.3, -0.25) is 9.59 Å². The molecule has 204 valence electrons. The molecule has 0 bridgehead atoms. The summed E-state index contributed by atoms with van der Waals surface area (Å²) in [5, 5.41) is 23.5. The highest BCUT2D eigenvalue weighted by molar-refractivity contribution is 14.1. The van der Waals surface area contributed by atoms with Crippen LogP contribution in [0.25, 0.3) is 0 Å². The lowest BCUT2D eigenvalue weighted by Gasteiger charge is -2.40. The molecule has 8 heteroatoms. The lowest BCUT2D eigenvalue weighted by atomic mass is 9.87. The Morgan fingerprint density at radius 3 is 2.38 bits per heavy atom. The van der Waals surface area contributed by atoms with Crippen molar-refractivity contribution in [2.24, 2.45) is 0 Å². The number of rotatable bonds is 10. The Labute approximate surface area is 242 Å². The number of carbonyl (C=O) groups is 2. The molecule has 7 nitrogen and oxygen atoms in total. The lowest BCUT2D eigenvalue weighted by Crippen LogP contribution is -2.55. The number of benzene rings is 3. The van der Waals surface area contributed by atoms with Gasteiger partial charge in [0.2, 0.25) is 11.8 Å². The van der Waals surface area contributed by atoms with Crippen LogP contribution >= 0.6 is 22.6 Å². The number of aliphatic hydroxyl groups is 2. The third-order valence-electron chi connectivity index (χ3n) is 6.71. The van der Waals surface area contributed by atoms with Gasteiger partial charge in [-0.05, 0) is 58.9 Å². The molecule has 3 N–H and O–H groups in total. The third-order valence-corrected chi connectivity index (χ3v) is 7.60. The predicted molar refractivity (Wildman–Crippen MR) is 158 cm³/mol. The van der Waals surface area contributed by atoms with Crippen LogP contribution in [0.3, 0.4) is 0 Å². The normalized spacial score (nSPS) is 18.7. The predicted octanol–water partition coefficient (Wildman–Crippen LogP) is 3.79. The van der Waals surface area contributed by atoms with Gasteiger partial charge in [-0.25, -0.2) is 0 Å². The molecule has 0 saturated carbocycles. The summed E-state index contributed by atoms with van der Waals surface area (Å²) in [4.78, 5) is 28.5. The summed E-state index contributed by atoms with van der Waals surface area (Å²) in [7, 11) is 0. The highest BCUT2D eigenvalue weighted by Gasteiger charge is 2.40. The van der Waals surface area contributed by atoms with E-state index in [4.69, 9.17) is 4.74 Å². The summed E-state index contributed by atoms with van der Waals surface area (Å²) in [5.41, 5.74) is 3.29. The van der Waals surface area contributed by atoms with Gasteiger partial charge >= 0.3 is 0 Å². The maximum Gasteiger partial charge on any atom is 0.247 e. The number of hydrogen-bond acceptors (Lipinski definition) is 5. The molecule has 1 aliphatic carbocycles. The minimum atomic E-state index is -1.08. The van der Waals surface area contributed by atoms with E-state index in [0.29, 0.717) is 11.3 Å². The SMILES string of the molecule is Cc1ccc(CN(C(=O)Cc2ccccc2)[C@@H]2CC(C(=O)NCCO)=C[C@H](Oc3ccccc3I)[C@H]2O)cc1. The van der Waals surface area contributed by atoms with Crippen molar-refractivity contribution in [3.63, 3.8) is 0 Å². The zero-order valence-electron chi connectivity index (χ0n) is 21.8. The van der Waals surface area contributed by atoms with Crippen LogP contribution in [0.15, 0.2) is 90.5 Å². The number of nitrogens with zero attached hydrogens (tertiary/aromatic N) is 1. The molecule has 0 fully saturated rings. The largest absolute Gasteiger partial charge is 0.482 e. The fraction of sp³-hybridized carbons (Fsp3) is 0.290. The van der Waals surface area contributed by atoms with E-state index >= 15 is 0 Å². The van der Waals surface area contributed by atoms with Crippen molar-refractivity contribution in [1.29, 1.82) is 0 Å². The number of carbonyl (C=O) groups excluding carboxylic acids is 2. The van der Waals surface area contributed by atoms with Crippen LogP contribution < -0.4 is 10.1 Å². The first kappa shape index (κ1) is 28.8. The van der Waals surface area contributed by atoms with Crippen molar-refractivity contribution in [1.82, 2.24) is 10.2 Å². The van der Waals surface area contributed by atoms with E-state index in [1.807, 2.05) is 85.8 Å². The molecule has 2 amide bonds. The maximum atomic E-state index is 13.8. The molecule has 0 saturated heterocycles. The zero-order chi connectivity index (χ0) is 27.8. The highest BCUT2D eigenvalue weighted by Crippen LogP contribution is 2.31. The molecular weight excluding hydrogens is 607 g/mol. The molecular formula is C31H33IN2O5. The van der Waals surface area contributed by atoms with Crippen molar-refractivity contribution in [3.8, 4) is 5.75 Å². The molecule has 0 aromatic heterocycles. The summed E-state index contributed by atoms with van der Waals surface area (Å²) in [6.45, 7) is 2.19. The van der Waals surface area contributed by atoms with E-state index < -0.39 is 18.2 Å². The van der Waals surface area contributed by atoms with Gasteiger partial charge in [0.25, 0.3) is 0 Å². The Hall–Kier alpha value is -3.21. The number of nitrogens with one attached hydrogen (secondary N) is 1. The number of aryl methyl sites for hydroxylation is 1. The number of hydrogen-bond donors (Lipinski definition) is 3. The monoisotopic (exact) mass is 640 g/mol. The van der Waals surface area contributed by atoms with Gasteiger partial charge in [0, 0.05) is 25.1 Å². The van der Waals surface area contributed by atoms with Gasteiger partial charge in [-0.15, -0.1) is 0 Å². The minimum absolute atomic E-state index is 0.103. The van der Waals surface area contributed by atoms with Crippen LogP contribution in [0, 0.1) is 10.5 Å². The Morgan fingerprint density at radius 1 is 1.00 bits per heavy atom. The van der Waals surface area contributed by atoms with Gasteiger partial charge in [-0.1, -0.05) is 72.3 Å². The van der Waals surface area contributed by atoms with Gasteiger partial charge in [0.05, 0.1) is 22.6 Å². The molecule has 3 aromatic rings. The molecule has 39 heavy (non-hydrogen) atoms. The van der Waals surface area contributed by atoms with Gasteiger partial charge in [-0.2, -0.15) is 0 Å². The second kappa shape index (κ2) is 13.7. The van der Waals surface area contributed by atoms with Crippen LogP contribution in [0.2, 0.25) is 0 Å². The summed E-state index contributed by atoms with van der Waals surface area (Å²) in [6, 6.07) is 24.1. The topological polar surface area (TPSA) is 99.1 Å². The number of aliphatic hydroxyl groups excluding tert-OH is 2. The Balaban J connectivity index is 1.69. The maximum absolute atomic E-state index is 13.8. The molecule has 1 aliphatic rings. The van der Waals surface area contributed by atoms with E-state index in [2.05, 4.69) is 27.9 Å². The third kappa shape index (κ3) is 7.68. The number of para-hydroxylation sites is 1. The summed E-state index contributed by atoms with van der Waals surface area (Å²) in [5.74, 6) is 0.0637. The van der Waals surface area contributed by atoms with E-state index in [1.54, 1.807) is 11.0 Å². The zero-order valence-corrected chi connectivity index (χ0v) is 24.0. The molecule has 3 atom stereocenters. The first-order chi connectivity index (χ1) is 18.9. The van der Waals surface area contributed by atoms with E-state index in [0.717, 1.165) is 20.3 Å². The van der Waals surface area contributed by atoms with Crippen molar-refractivity contribution in [2.75, 3.05) is 13.2 Å². The van der Waals surface area contributed by atoms with Crippen molar-refractivity contribution < 1.29 is 24.5 Å². The Morgan fingerprint density at radius 2 is 1.69 bits per heavy atom. The average Bonchev–Trinajstić information content (AvgIpc) is 2.94. The summed E-state index contributed by atoms with van der Waals surface area (Å²) < 4.78 is 7.09. The van der Waals surface area contributed by atoms with Crippen molar-refractivity contribution in [3.05, 3.63) is 111 Å². The summed E-state index contributed by atoms with van der Waals surface area (Å²) >= 11 is 2.16. The fourth-order valence-electron chi connectivity index (χ4n) is 4.62. The quantitative estimate of drug-likeness (QED) is 0.293. The van der Waals surface area contributed by atoms with Crippen LogP contribution in [0.1, 0.15) is 23.1 Å². The van der Waals surface area contributed by atoms with Gasteiger partial charge < -0.3 is 25.2 Å². The van der Waals surface area contributed by atoms with Crippen molar-refractivity contribution in [2.45, 2.75) is 44.6 Å².